The van der Waals surface area contributed by atoms with Crippen molar-refractivity contribution in [1.82, 2.24) is 5.32 Å². The van der Waals surface area contributed by atoms with Crippen LogP contribution in [0.4, 0.5) is 0 Å². The Labute approximate surface area is 160 Å². The Morgan fingerprint density at radius 1 is 1.04 bits per heavy atom. The van der Waals surface area contributed by atoms with Crippen LogP contribution in [0.2, 0.25) is 0 Å². The molecule has 0 fully saturated rings. The van der Waals surface area contributed by atoms with Crippen LogP contribution in [0.1, 0.15) is 32.6 Å². The first-order chi connectivity index (χ1) is 13.1. The maximum Gasteiger partial charge on any atom is 0.287 e. The molecule has 1 amide bonds. The Bertz CT molecular complexity index is 1140. The third kappa shape index (κ3) is 3.55. The SMILES string of the molecule is Cc1ccc([C@H](NC(=O)c2cc(=O)c3ccccc3o2)c2cccs2)cc1. The largest absolute Gasteiger partial charge is 0.451 e. The summed E-state index contributed by atoms with van der Waals surface area (Å²) in [4.78, 5) is 26.1. The molecule has 0 aliphatic carbocycles. The highest BCUT2D eigenvalue weighted by Gasteiger charge is 2.21. The number of amides is 1. The van der Waals surface area contributed by atoms with E-state index in [1.807, 2.05) is 48.7 Å². The molecule has 0 aliphatic rings. The molecule has 0 saturated heterocycles. The Morgan fingerprint density at radius 3 is 2.56 bits per heavy atom. The molecule has 0 aliphatic heterocycles. The fourth-order valence-corrected chi connectivity index (χ4v) is 3.75. The molecule has 134 valence electrons. The standard InChI is InChI=1S/C22H17NO3S/c1-14-8-10-15(11-9-14)21(20-7-4-12-27-20)23-22(25)19-13-17(24)16-5-2-3-6-18(16)26-19/h2-13,21H,1H3,(H,23,25)/t21-/m0/s1. The highest BCUT2D eigenvalue weighted by Crippen LogP contribution is 2.27. The molecule has 5 heteroatoms. The minimum Gasteiger partial charge on any atom is -0.451 e. The topological polar surface area (TPSA) is 59.3 Å². The molecule has 0 saturated carbocycles. The van der Waals surface area contributed by atoms with Gasteiger partial charge in [0.1, 0.15) is 5.58 Å². The molecule has 2 aromatic carbocycles. The van der Waals surface area contributed by atoms with Crippen LogP contribution in [0.25, 0.3) is 11.0 Å². The third-order valence-corrected chi connectivity index (χ3v) is 5.31. The summed E-state index contributed by atoms with van der Waals surface area (Å²) in [5.41, 5.74) is 2.29. The summed E-state index contributed by atoms with van der Waals surface area (Å²) >= 11 is 1.57. The lowest BCUT2D eigenvalue weighted by Crippen LogP contribution is -2.29. The highest BCUT2D eigenvalue weighted by molar-refractivity contribution is 7.10. The summed E-state index contributed by atoms with van der Waals surface area (Å²) in [7, 11) is 0. The average Bonchev–Trinajstić information content (AvgIpc) is 3.21. The van der Waals surface area contributed by atoms with Crippen LogP contribution in [-0.2, 0) is 0 Å². The lowest BCUT2D eigenvalue weighted by molar-refractivity contribution is 0.0916. The van der Waals surface area contributed by atoms with Crippen LogP contribution in [0.15, 0.2) is 81.3 Å². The van der Waals surface area contributed by atoms with Crippen molar-refractivity contribution in [2.24, 2.45) is 0 Å². The van der Waals surface area contributed by atoms with E-state index in [1.54, 1.807) is 35.6 Å². The number of aryl methyl sites for hydroxylation is 1. The van der Waals surface area contributed by atoms with E-state index in [4.69, 9.17) is 4.42 Å². The van der Waals surface area contributed by atoms with Gasteiger partial charge in [0.25, 0.3) is 5.91 Å². The van der Waals surface area contributed by atoms with E-state index >= 15 is 0 Å². The van der Waals surface area contributed by atoms with E-state index in [9.17, 15) is 9.59 Å². The summed E-state index contributed by atoms with van der Waals surface area (Å²) in [6, 6.07) is 19.8. The number of hydrogen-bond acceptors (Lipinski definition) is 4. The molecule has 1 atom stereocenters. The Hall–Kier alpha value is -3.18. The van der Waals surface area contributed by atoms with Crippen molar-refractivity contribution >= 4 is 28.2 Å². The molecular weight excluding hydrogens is 358 g/mol. The number of nitrogens with one attached hydrogen (secondary N) is 1. The van der Waals surface area contributed by atoms with E-state index in [-0.39, 0.29) is 17.2 Å². The molecule has 4 nitrogen and oxygen atoms in total. The van der Waals surface area contributed by atoms with Crippen LogP contribution in [0.5, 0.6) is 0 Å². The molecule has 2 heterocycles. The van der Waals surface area contributed by atoms with Gasteiger partial charge in [0.2, 0.25) is 0 Å². The quantitative estimate of drug-likeness (QED) is 0.563. The van der Waals surface area contributed by atoms with E-state index in [1.165, 1.54) is 6.07 Å². The number of carbonyl (C=O) groups excluding carboxylic acids is 1. The second-order valence-electron chi connectivity index (χ2n) is 6.30. The molecule has 0 spiro atoms. The fourth-order valence-electron chi connectivity index (χ4n) is 2.95. The van der Waals surface area contributed by atoms with E-state index < -0.39 is 5.91 Å². The van der Waals surface area contributed by atoms with Gasteiger partial charge in [-0.2, -0.15) is 0 Å². The predicted molar refractivity (Wildman–Crippen MR) is 107 cm³/mol. The van der Waals surface area contributed by atoms with Gasteiger partial charge in [-0.1, -0.05) is 48.0 Å². The maximum atomic E-state index is 12.8. The summed E-state index contributed by atoms with van der Waals surface area (Å²) < 4.78 is 5.67. The molecule has 0 unspecified atom stereocenters. The van der Waals surface area contributed by atoms with Gasteiger partial charge in [0, 0.05) is 10.9 Å². The lowest BCUT2D eigenvalue weighted by Gasteiger charge is -2.18. The molecule has 2 aromatic heterocycles. The third-order valence-electron chi connectivity index (χ3n) is 4.37. The van der Waals surface area contributed by atoms with Gasteiger partial charge in [0.15, 0.2) is 11.2 Å². The number of fused-ring (bicyclic) bond motifs is 1. The first-order valence-electron chi connectivity index (χ1n) is 8.55. The summed E-state index contributed by atoms with van der Waals surface area (Å²) in [6.45, 7) is 2.02. The van der Waals surface area contributed by atoms with Crippen LogP contribution in [0, 0.1) is 6.92 Å². The minimum absolute atomic E-state index is 0.00682. The number of benzene rings is 2. The van der Waals surface area contributed by atoms with Crippen LogP contribution in [-0.4, -0.2) is 5.91 Å². The zero-order valence-electron chi connectivity index (χ0n) is 14.6. The van der Waals surface area contributed by atoms with Crippen LogP contribution in [0.3, 0.4) is 0 Å². The molecule has 1 N–H and O–H groups in total. The fraction of sp³-hybridized carbons (Fsp3) is 0.0909. The molecule has 27 heavy (non-hydrogen) atoms. The number of para-hydroxylation sites is 1. The van der Waals surface area contributed by atoms with Crippen molar-refractivity contribution < 1.29 is 9.21 Å². The number of hydrogen-bond donors (Lipinski definition) is 1. The summed E-state index contributed by atoms with van der Waals surface area (Å²) in [6.07, 6.45) is 0. The number of rotatable bonds is 4. The number of thiophene rings is 1. The Morgan fingerprint density at radius 2 is 1.81 bits per heavy atom. The lowest BCUT2D eigenvalue weighted by atomic mass is 10.0. The molecule has 0 radical (unpaired) electrons. The summed E-state index contributed by atoms with van der Waals surface area (Å²) in [5.74, 6) is -0.413. The number of carbonyl (C=O) groups is 1. The maximum absolute atomic E-state index is 12.8. The molecule has 4 aromatic rings. The van der Waals surface area contributed by atoms with Gasteiger partial charge in [-0.25, -0.2) is 0 Å². The highest BCUT2D eigenvalue weighted by atomic mass is 32.1. The second-order valence-corrected chi connectivity index (χ2v) is 7.28. The van der Waals surface area contributed by atoms with Gasteiger partial charge in [-0.05, 0) is 36.1 Å². The first kappa shape index (κ1) is 17.2. The summed E-state index contributed by atoms with van der Waals surface area (Å²) in [5, 5.41) is 5.43. The minimum atomic E-state index is -0.420. The zero-order valence-corrected chi connectivity index (χ0v) is 15.5. The smallest absolute Gasteiger partial charge is 0.287 e. The van der Waals surface area contributed by atoms with Gasteiger partial charge in [0.05, 0.1) is 11.4 Å². The second kappa shape index (κ2) is 7.21. The van der Waals surface area contributed by atoms with Crippen molar-refractivity contribution in [1.29, 1.82) is 0 Å². The Kier molecular flexibility index (Phi) is 4.60. The van der Waals surface area contributed by atoms with Gasteiger partial charge < -0.3 is 9.73 Å². The van der Waals surface area contributed by atoms with Gasteiger partial charge >= 0.3 is 0 Å². The van der Waals surface area contributed by atoms with Crippen molar-refractivity contribution in [2.45, 2.75) is 13.0 Å². The van der Waals surface area contributed by atoms with E-state index in [0.717, 1.165) is 16.0 Å². The normalized spacial score (nSPS) is 12.0. The molecule has 0 bridgehead atoms. The van der Waals surface area contributed by atoms with Crippen molar-refractivity contribution in [3.63, 3.8) is 0 Å². The van der Waals surface area contributed by atoms with Crippen molar-refractivity contribution in [2.75, 3.05) is 0 Å². The molecule has 4 rings (SSSR count). The van der Waals surface area contributed by atoms with Gasteiger partial charge in [-0.15, -0.1) is 11.3 Å². The van der Waals surface area contributed by atoms with Crippen LogP contribution < -0.4 is 10.7 Å². The van der Waals surface area contributed by atoms with Crippen molar-refractivity contribution in [3.8, 4) is 0 Å². The predicted octanol–water partition coefficient (Wildman–Crippen LogP) is 4.68. The monoisotopic (exact) mass is 375 g/mol. The van der Waals surface area contributed by atoms with Crippen molar-refractivity contribution in [3.05, 3.63) is 104 Å². The van der Waals surface area contributed by atoms with E-state index in [0.29, 0.717) is 11.0 Å². The van der Waals surface area contributed by atoms with Crippen LogP contribution >= 0.6 is 11.3 Å². The Balaban J connectivity index is 1.70. The van der Waals surface area contributed by atoms with Gasteiger partial charge in [-0.3, -0.25) is 9.59 Å². The first-order valence-corrected chi connectivity index (χ1v) is 9.43. The van der Waals surface area contributed by atoms with E-state index in [2.05, 4.69) is 5.32 Å². The zero-order chi connectivity index (χ0) is 18.8. The molecular formula is C22H17NO3S. The average molecular weight is 375 g/mol.